The fraction of sp³-hybridized carbons (Fsp3) is 0.906. The summed E-state index contributed by atoms with van der Waals surface area (Å²) < 4.78 is 17.0. The van der Waals surface area contributed by atoms with E-state index in [0.29, 0.717) is 54.0 Å². The van der Waals surface area contributed by atoms with Crippen molar-refractivity contribution in [3.63, 3.8) is 0 Å². The van der Waals surface area contributed by atoms with Crippen molar-refractivity contribution in [1.82, 2.24) is 0 Å². The minimum atomic E-state index is -1.18. The molecule has 0 heterocycles. The number of carboxylic acids is 1. The van der Waals surface area contributed by atoms with E-state index in [4.69, 9.17) is 14.2 Å². The highest BCUT2D eigenvalue weighted by Gasteiger charge is 2.67. The zero-order chi connectivity index (χ0) is 28.3. The number of rotatable bonds is 12. The highest BCUT2D eigenvalue weighted by molar-refractivity contribution is 5.87. The molecule has 0 aliphatic heterocycles. The average molecular weight is 561 g/mol. The van der Waals surface area contributed by atoms with Crippen LogP contribution in [0.2, 0.25) is 0 Å². The number of hydrogen-bond acceptors (Lipinski definition) is 7. The van der Waals surface area contributed by atoms with Crippen LogP contribution in [0.1, 0.15) is 65.7 Å². The van der Waals surface area contributed by atoms with E-state index in [0.717, 1.165) is 18.3 Å². The minimum absolute atomic E-state index is 0.128. The predicted octanol–water partition coefficient (Wildman–Crippen LogP) is 4.24. The summed E-state index contributed by atoms with van der Waals surface area (Å²) in [5.74, 6) is 0.562. The molecule has 8 heteroatoms. The van der Waals surface area contributed by atoms with E-state index in [-0.39, 0.29) is 31.8 Å². The van der Waals surface area contributed by atoms with Gasteiger partial charge in [0, 0.05) is 0 Å². The lowest BCUT2D eigenvalue weighted by molar-refractivity contribution is -0.180. The van der Waals surface area contributed by atoms with Crippen LogP contribution in [0.4, 0.5) is 0 Å². The number of esters is 2. The number of fused-ring (bicyclic) bond motifs is 11. The number of hydrogen-bond donors (Lipinski definition) is 2. The molecule has 0 spiro atoms. The number of ether oxygens (including phenoxy) is 3. The first kappa shape index (κ1) is 28.4. The molecule has 6 aliphatic carbocycles. The fourth-order valence-corrected chi connectivity index (χ4v) is 11.5. The summed E-state index contributed by atoms with van der Waals surface area (Å²) in [7, 11) is 0. The van der Waals surface area contributed by atoms with Gasteiger partial charge in [-0.25, -0.2) is 0 Å². The largest absolute Gasteiger partial charge is 0.481 e. The van der Waals surface area contributed by atoms with Crippen LogP contribution in [-0.2, 0) is 28.6 Å². The van der Waals surface area contributed by atoms with Crippen LogP contribution in [-0.4, -0.2) is 54.7 Å². The maximum atomic E-state index is 14.0. The minimum Gasteiger partial charge on any atom is -0.481 e. The molecule has 6 saturated carbocycles. The summed E-state index contributed by atoms with van der Waals surface area (Å²) in [6.45, 7) is 5.78. The first-order valence-corrected chi connectivity index (χ1v) is 16.0. The van der Waals surface area contributed by atoms with Gasteiger partial charge < -0.3 is 24.4 Å². The molecule has 0 saturated heterocycles. The number of carbonyl (C=O) groups is 3. The summed E-state index contributed by atoms with van der Waals surface area (Å²) in [6, 6.07) is 0. The van der Waals surface area contributed by atoms with Gasteiger partial charge in [0.25, 0.3) is 0 Å². The smallest absolute Gasteiger partial charge is 0.312 e. The quantitative estimate of drug-likeness (QED) is 0.157. The van der Waals surface area contributed by atoms with Crippen LogP contribution in [0.25, 0.3) is 0 Å². The Kier molecular flexibility index (Phi) is 7.97. The van der Waals surface area contributed by atoms with Crippen LogP contribution in [0.3, 0.4) is 0 Å². The van der Waals surface area contributed by atoms with Crippen LogP contribution in [0.5, 0.6) is 0 Å². The number of aliphatic hydroxyl groups is 1. The first-order valence-electron chi connectivity index (χ1n) is 16.0. The molecule has 0 aromatic rings. The Hall–Kier alpha value is -1.67. The third-order valence-corrected chi connectivity index (χ3v) is 13.1. The Bertz CT molecular complexity index is 980. The molecule has 6 aliphatic rings. The molecule has 6 bridgehead atoms. The molecule has 6 fully saturated rings. The van der Waals surface area contributed by atoms with Gasteiger partial charge in [0.15, 0.2) is 6.79 Å². The van der Waals surface area contributed by atoms with Gasteiger partial charge in [0.2, 0.25) is 0 Å². The highest BCUT2D eigenvalue weighted by Crippen LogP contribution is 2.71. The predicted molar refractivity (Wildman–Crippen MR) is 144 cm³/mol. The number of aliphatic carboxylic acids is 1. The molecule has 2 N–H and O–H groups in total. The molecule has 15 unspecified atom stereocenters. The molecule has 15 atom stereocenters. The summed E-state index contributed by atoms with van der Waals surface area (Å²) in [5, 5.41) is 19.3. The lowest BCUT2D eigenvalue weighted by atomic mass is 9.58. The molecule has 0 radical (unpaired) electrons. The Morgan fingerprint density at radius 2 is 1.48 bits per heavy atom. The lowest BCUT2D eigenvalue weighted by Gasteiger charge is -2.46. The first-order chi connectivity index (χ1) is 19.2. The van der Waals surface area contributed by atoms with Gasteiger partial charge in [-0.05, 0) is 116 Å². The summed E-state index contributed by atoms with van der Waals surface area (Å²) in [6.07, 6.45) is 8.71. The van der Waals surface area contributed by atoms with Crippen molar-refractivity contribution in [2.45, 2.75) is 65.7 Å². The molecule has 224 valence electrons. The maximum absolute atomic E-state index is 14.0. The van der Waals surface area contributed by atoms with E-state index >= 15 is 0 Å². The van der Waals surface area contributed by atoms with Crippen molar-refractivity contribution in [2.75, 3.05) is 26.6 Å². The Morgan fingerprint density at radius 1 is 0.825 bits per heavy atom. The number of carbonyl (C=O) groups excluding carboxylic acids is 2. The van der Waals surface area contributed by atoms with Crippen LogP contribution >= 0.6 is 0 Å². The van der Waals surface area contributed by atoms with E-state index in [2.05, 4.69) is 13.8 Å². The SMILES string of the molecule is CC(C(=O)O)C(C(=O)OCCO)C(C(=O)OCOCC1C2CCC(C2)C1C)C1C(C)C2CC1C1C3CCC(C3)C21. The van der Waals surface area contributed by atoms with E-state index in [1.54, 1.807) is 0 Å². The Morgan fingerprint density at radius 3 is 2.12 bits per heavy atom. The monoisotopic (exact) mass is 560 g/mol. The van der Waals surface area contributed by atoms with Gasteiger partial charge in [0.1, 0.15) is 6.61 Å². The second kappa shape index (κ2) is 11.2. The van der Waals surface area contributed by atoms with Crippen molar-refractivity contribution < 1.29 is 38.8 Å². The van der Waals surface area contributed by atoms with Crippen LogP contribution in [0, 0.1) is 88.8 Å². The van der Waals surface area contributed by atoms with Gasteiger partial charge >= 0.3 is 17.9 Å². The Balaban J connectivity index is 1.21. The topological polar surface area (TPSA) is 119 Å². The van der Waals surface area contributed by atoms with E-state index in [1.165, 1.54) is 45.4 Å². The molecule has 6 rings (SSSR count). The van der Waals surface area contributed by atoms with E-state index in [9.17, 15) is 24.6 Å². The summed E-state index contributed by atoms with van der Waals surface area (Å²) in [5.41, 5.74) is 0. The van der Waals surface area contributed by atoms with Crippen molar-refractivity contribution >= 4 is 17.9 Å². The van der Waals surface area contributed by atoms with Crippen molar-refractivity contribution in [3.05, 3.63) is 0 Å². The molecular weight excluding hydrogens is 512 g/mol. The van der Waals surface area contributed by atoms with Gasteiger partial charge in [-0.3, -0.25) is 14.4 Å². The third-order valence-electron chi connectivity index (χ3n) is 13.1. The van der Waals surface area contributed by atoms with Crippen molar-refractivity contribution in [2.24, 2.45) is 88.8 Å². The van der Waals surface area contributed by atoms with Gasteiger partial charge in [0.05, 0.1) is 31.0 Å². The molecule has 40 heavy (non-hydrogen) atoms. The lowest BCUT2D eigenvalue weighted by Crippen LogP contribution is -2.49. The molecular formula is C32H48O8. The summed E-state index contributed by atoms with van der Waals surface area (Å²) >= 11 is 0. The molecule has 0 amide bonds. The van der Waals surface area contributed by atoms with E-state index in [1.807, 2.05) is 0 Å². The van der Waals surface area contributed by atoms with E-state index < -0.39 is 35.7 Å². The Labute approximate surface area is 237 Å². The van der Waals surface area contributed by atoms with Crippen molar-refractivity contribution in [3.8, 4) is 0 Å². The standard InChI is InChI=1S/C32H48O8/c1-15-18-4-5-19(10-18)24(15)13-38-14-40-32(37)29(26(17(3)30(34)35)31(36)39-9-8-33)25-16(2)22-12-23(25)28-21-7-6-20(11-21)27(22)28/h15-29,33H,4-14H2,1-3H3,(H,34,35). The maximum Gasteiger partial charge on any atom is 0.312 e. The van der Waals surface area contributed by atoms with Gasteiger partial charge in [-0.1, -0.05) is 20.8 Å². The normalized spacial score (nSPS) is 44.4. The molecule has 0 aromatic heterocycles. The van der Waals surface area contributed by atoms with Crippen LogP contribution in [0.15, 0.2) is 0 Å². The summed E-state index contributed by atoms with van der Waals surface area (Å²) in [4.78, 5) is 39.6. The highest BCUT2D eigenvalue weighted by atomic mass is 16.7. The number of aliphatic hydroxyl groups excluding tert-OH is 1. The zero-order valence-electron chi connectivity index (χ0n) is 24.3. The average Bonchev–Trinajstić information content (AvgIpc) is 3.77. The second-order valence-electron chi connectivity index (χ2n) is 14.4. The van der Waals surface area contributed by atoms with Crippen molar-refractivity contribution in [1.29, 1.82) is 0 Å². The molecule has 8 nitrogen and oxygen atoms in total. The second-order valence-corrected chi connectivity index (χ2v) is 14.4. The van der Waals surface area contributed by atoms with Crippen LogP contribution < -0.4 is 0 Å². The molecule has 0 aromatic carbocycles. The van der Waals surface area contributed by atoms with Gasteiger partial charge in [-0.15, -0.1) is 0 Å². The third kappa shape index (κ3) is 4.60. The fourth-order valence-electron chi connectivity index (χ4n) is 11.5. The zero-order valence-corrected chi connectivity index (χ0v) is 24.3. The van der Waals surface area contributed by atoms with Gasteiger partial charge in [-0.2, -0.15) is 0 Å². The number of carboxylic acid groups (broad SMARTS) is 1.